The van der Waals surface area contributed by atoms with Crippen molar-refractivity contribution in [3.8, 4) is 0 Å². The molecule has 2 rings (SSSR count). The van der Waals surface area contributed by atoms with E-state index in [1.54, 1.807) is 6.92 Å². The van der Waals surface area contributed by atoms with Crippen LogP contribution in [0.25, 0.3) is 11.0 Å². The van der Waals surface area contributed by atoms with Crippen LogP contribution in [0.15, 0.2) is 23.1 Å². The third-order valence-electron chi connectivity index (χ3n) is 3.05. The second kappa shape index (κ2) is 5.71. The summed E-state index contributed by atoms with van der Waals surface area (Å²) in [6.45, 7) is 1.61. The summed E-state index contributed by atoms with van der Waals surface area (Å²) in [5, 5.41) is 10.6. The van der Waals surface area contributed by atoms with Gasteiger partial charge in [0.15, 0.2) is 0 Å². The number of rotatable bonds is 3. The molecule has 0 fully saturated rings. The number of carbonyl (C=O) groups is 2. The van der Waals surface area contributed by atoms with Crippen LogP contribution in [0.1, 0.15) is 17.3 Å². The molecule has 122 valence electrons. The van der Waals surface area contributed by atoms with Crippen molar-refractivity contribution < 1.29 is 27.9 Å². The first-order valence-corrected chi connectivity index (χ1v) is 6.31. The van der Waals surface area contributed by atoms with Gasteiger partial charge in [0.2, 0.25) is 0 Å². The fourth-order valence-electron chi connectivity index (χ4n) is 2.09. The number of nitrogens with one attached hydrogen (secondary N) is 1. The zero-order valence-corrected chi connectivity index (χ0v) is 11.6. The lowest BCUT2D eigenvalue weighted by Gasteiger charge is -2.15. The minimum Gasteiger partial charge on any atom is -0.477 e. The SMILES string of the molecule is CCn1c(=O)c(C(=O)O)c(NC(=O)C(F)(F)F)c2cccnc21. The highest BCUT2D eigenvalue weighted by molar-refractivity contribution is 6.09. The Labute approximate surface area is 126 Å². The average Bonchev–Trinajstić information content (AvgIpc) is 2.46. The van der Waals surface area contributed by atoms with Gasteiger partial charge in [0.25, 0.3) is 5.56 Å². The predicted octanol–water partition coefficient (Wildman–Crippen LogP) is 1.62. The van der Waals surface area contributed by atoms with Gasteiger partial charge in [-0.1, -0.05) is 0 Å². The summed E-state index contributed by atoms with van der Waals surface area (Å²) in [5.41, 5.74) is -2.76. The number of hydrogen-bond acceptors (Lipinski definition) is 4. The topological polar surface area (TPSA) is 101 Å². The summed E-state index contributed by atoms with van der Waals surface area (Å²) in [6, 6.07) is 2.62. The van der Waals surface area contributed by atoms with Crippen LogP contribution < -0.4 is 10.9 Å². The van der Waals surface area contributed by atoms with E-state index < -0.39 is 34.9 Å². The molecular formula is C13H10F3N3O4. The van der Waals surface area contributed by atoms with Crippen LogP contribution in [0.3, 0.4) is 0 Å². The molecule has 0 aliphatic rings. The number of carboxylic acid groups (broad SMARTS) is 1. The Morgan fingerprint density at radius 2 is 2.04 bits per heavy atom. The molecular weight excluding hydrogens is 319 g/mol. The van der Waals surface area contributed by atoms with Crippen LogP contribution in [0, 0.1) is 0 Å². The number of fused-ring (bicyclic) bond motifs is 1. The molecule has 0 aromatic carbocycles. The van der Waals surface area contributed by atoms with Gasteiger partial charge in [-0.25, -0.2) is 9.78 Å². The Kier molecular flexibility index (Phi) is 4.08. The summed E-state index contributed by atoms with van der Waals surface area (Å²) in [5.74, 6) is -4.13. The van der Waals surface area contributed by atoms with E-state index >= 15 is 0 Å². The minimum atomic E-state index is -5.23. The maximum absolute atomic E-state index is 12.5. The molecule has 0 aliphatic carbocycles. The van der Waals surface area contributed by atoms with Gasteiger partial charge in [0.1, 0.15) is 11.2 Å². The molecule has 2 aromatic heterocycles. The zero-order chi connectivity index (χ0) is 17.4. The first kappa shape index (κ1) is 16.5. The number of nitrogens with zero attached hydrogens (tertiary/aromatic N) is 2. The van der Waals surface area contributed by atoms with E-state index in [2.05, 4.69) is 4.98 Å². The molecule has 2 aromatic rings. The van der Waals surface area contributed by atoms with E-state index in [0.717, 1.165) is 4.57 Å². The molecule has 1 amide bonds. The maximum atomic E-state index is 12.5. The number of amides is 1. The van der Waals surface area contributed by atoms with Crippen molar-refractivity contribution in [2.45, 2.75) is 19.6 Å². The molecule has 0 bridgehead atoms. The highest BCUT2D eigenvalue weighted by Crippen LogP contribution is 2.26. The average molecular weight is 329 g/mol. The molecule has 7 nitrogen and oxygen atoms in total. The second-order valence-electron chi connectivity index (χ2n) is 4.43. The highest BCUT2D eigenvalue weighted by atomic mass is 19.4. The monoisotopic (exact) mass is 329 g/mol. The molecule has 2 heterocycles. The van der Waals surface area contributed by atoms with Crippen molar-refractivity contribution in [1.29, 1.82) is 0 Å². The van der Waals surface area contributed by atoms with Crippen LogP contribution in [0.4, 0.5) is 18.9 Å². The number of halogens is 3. The van der Waals surface area contributed by atoms with Gasteiger partial charge in [0, 0.05) is 18.1 Å². The number of hydrogen-bond donors (Lipinski definition) is 2. The van der Waals surface area contributed by atoms with Gasteiger partial charge in [-0.3, -0.25) is 14.2 Å². The fourth-order valence-corrected chi connectivity index (χ4v) is 2.09. The quantitative estimate of drug-likeness (QED) is 0.891. The Bertz CT molecular complexity index is 858. The molecule has 0 saturated heterocycles. The van der Waals surface area contributed by atoms with Crippen LogP contribution in [0.2, 0.25) is 0 Å². The highest BCUT2D eigenvalue weighted by Gasteiger charge is 2.40. The third-order valence-corrected chi connectivity index (χ3v) is 3.05. The predicted molar refractivity (Wildman–Crippen MR) is 73.3 cm³/mol. The smallest absolute Gasteiger partial charge is 0.471 e. The summed E-state index contributed by atoms with van der Waals surface area (Å²) in [6.07, 6.45) is -3.94. The zero-order valence-electron chi connectivity index (χ0n) is 11.6. The number of aryl methyl sites for hydroxylation is 1. The van der Waals surface area contributed by atoms with Crippen molar-refractivity contribution in [3.05, 3.63) is 34.2 Å². The number of aromatic nitrogens is 2. The molecule has 2 N–H and O–H groups in total. The van der Waals surface area contributed by atoms with E-state index in [9.17, 15) is 32.7 Å². The number of alkyl halides is 3. The molecule has 0 unspecified atom stereocenters. The van der Waals surface area contributed by atoms with Crippen molar-refractivity contribution >= 4 is 28.6 Å². The fraction of sp³-hybridized carbons (Fsp3) is 0.231. The Morgan fingerprint density at radius 3 is 2.57 bits per heavy atom. The van der Waals surface area contributed by atoms with Crippen molar-refractivity contribution in [2.24, 2.45) is 0 Å². The minimum absolute atomic E-state index is 0.0255. The van der Waals surface area contributed by atoms with Crippen molar-refractivity contribution in [3.63, 3.8) is 0 Å². The van der Waals surface area contributed by atoms with Gasteiger partial charge in [-0.2, -0.15) is 13.2 Å². The van der Waals surface area contributed by atoms with Crippen molar-refractivity contribution in [2.75, 3.05) is 5.32 Å². The number of carbonyl (C=O) groups excluding carboxylic acids is 1. The Balaban J connectivity index is 2.86. The summed E-state index contributed by atoms with van der Waals surface area (Å²) in [7, 11) is 0. The van der Waals surface area contributed by atoms with E-state index in [0.29, 0.717) is 0 Å². The largest absolute Gasteiger partial charge is 0.477 e. The molecule has 0 atom stereocenters. The molecule has 0 spiro atoms. The van der Waals surface area contributed by atoms with Gasteiger partial charge < -0.3 is 10.4 Å². The van der Waals surface area contributed by atoms with Gasteiger partial charge >= 0.3 is 18.1 Å². The van der Waals surface area contributed by atoms with Crippen LogP contribution in [0.5, 0.6) is 0 Å². The van der Waals surface area contributed by atoms with E-state index in [1.165, 1.54) is 23.6 Å². The van der Waals surface area contributed by atoms with Crippen LogP contribution in [-0.4, -0.2) is 32.7 Å². The Morgan fingerprint density at radius 1 is 1.39 bits per heavy atom. The van der Waals surface area contributed by atoms with E-state index in [4.69, 9.17) is 0 Å². The first-order chi connectivity index (χ1) is 10.7. The van der Waals surface area contributed by atoms with Crippen LogP contribution >= 0.6 is 0 Å². The molecule has 0 saturated carbocycles. The Hall–Kier alpha value is -2.91. The molecule has 0 radical (unpaired) electrons. The standard InChI is InChI=1S/C13H10F3N3O4/c1-2-19-9-6(4-3-5-17-9)8(7(10(19)20)11(21)22)18-12(23)13(14,15)16/h3-5H,2H2,1H3,(H,18,23)(H,21,22). The van der Waals surface area contributed by atoms with Crippen LogP contribution in [-0.2, 0) is 11.3 Å². The summed E-state index contributed by atoms with van der Waals surface area (Å²) in [4.78, 5) is 38.6. The third kappa shape index (κ3) is 2.87. The number of anilines is 1. The van der Waals surface area contributed by atoms with E-state index in [1.807, 2.05) is 0 Å². The van der Waals surface area contributed by atoms with Gasteiger partial charge in [0.05, 0.1) is 5.69 Å². The first-order valence-electron chi connectivity index (χ1n) is 6.31. The molecule has 10 heteroatoms. The number of pyridine rings is 2. The van der Waals surface area contributed by atoms with Crippen molar-refractivity contribution in [1.82, 2.24) is 9.55 Å². The normalized spacial score (nSPS) is 11.5. The van der Waals surface area contributed by atoms with Gasteiger partial charge in [-0.15, -0.1) is 0 Å². The lowest BCUT2D eigenvalue weighted by atomic mass is 10.1. The lowest BCUT2D eigenvalue weighted by Crippen LogP contribution is -2.34. The maximum Gasteiger partial charge on any atom is 0.471 e. The van der Waals surface area contributed by atoms with E-state index in [-0.39, 0.29) is 17.6 Å². The summed E-state index contributed by atoms with van der Waals surface area (Å²) < 4.78 is 38.4. The summed E-state index contributed by atoms with van der Waals surface area (Å²) >= 11 is 0. The number of carboxylic acids is 1. The molecule has 0 aliphatic heterocycles. The number of aromatic carboxylic acids is 1. The second-order valence-corrected chi connectivity index (χ2v) is 4.43. The lowest BCUT2D eigenvalue weighted by molar-refractivity contribution is -0.167. The molecule has 23 heavy (non-hydrogen) atoms. The van der Waals surface area contributed by atoms with Gasteiger partial charge in [-0.05, 0) is 19.1 Å².